The molecule has 1 aliphatic heterocycles. The molecule has 6 heteroatoms. The molecule has 0 spiro atoms. The Kier molecular flexibility index (Phi) is 5.05. The summed E-state index contributed by atoms with van der Waals surface area (Å²) >= 11 is 0. The van der Waals surface area contributed by atoms with Crippen LogP contribution < -0.4 is 14.8 Å². The van der Waals surface area contributed by atoms with E-state index in [-0.39, 0.29) is 18.6 Å². The van der Waals surface area contributed by atoms with Crippen molar-refractivity contribution in [2.75, 3.05) is 13.2 Å². The zero-order chi connectivity index (χ0) is 18.5. The van der Waals surface area contributed by atoms with Crippen LogP contribution in [0.5, 0.6) is 11.5 Å². The van der Waals surface area contributed by atoms with Gasteiger partial charge in [-0.05, 0) is 12.1 Å². The molecule has 1 N–H and O–H groups in total. The number of nitrogens with zero attached hydrogens (tertiary/aromatic N) is 2. The van der Waals surface area contributed by atoms with Gasteiger partial charge < -0.3 is 19.4 Å². The van der Waals surface area contributed by atoms with Crippen LogP contribution in [0.3, 0.4) is 0 Å². The number of hydrogen-bond donors (Lipinski definition) is 1. The molecule has 1 aromatic heterocycles. The smallest absolute Gasteiger partial charge is 0.239 e. The maximum Gasteiger partial charge on any atom is 0.239 e. The minimum Gasteiger partial charge on any atom is -0.486 e. The van der Waals surface area contributed by atoms with E-state index in [0.717, 1.165) is 22.9 Å². The number of para-hydroxylation sites is 2. The SMILES string of the molecule is O=C(Cn1ccnc1-c1ccccc1)NCC[C@@H]1COc2ccccc2O1. The third-order valence-electron chi connectivity index (χ3n) is 4.42. The summed E-state index contributed by atoms with van der Waals surface area (Å²) in [5.74, 6) is 2.26. The average molecular weight is 363 g/mol. The molecule has 138 valence electrons. The molecular weight excluding hydrogens is 342 g/mol. The van der Waals surface area contributed by atoms with Crippen molar-refractivity contribution in [2.24, 2.45) is 0 Å². The molecule has 2 aromatic carbocycles. The van der Waals surface area contributed by atoms with Gasteiger partial charge in [0.2, 0.25) is 5.91 Å². The molecule has 27 heavy (non-hydrogen) atoms. The van der Waals surface area contributed by atoms with Gasteiger partial charge >= 0.3 is 0 Å². The maximum absolute atomic E-state index is 12.3. The second-order valence-corrected chi connectivity index (χ2v) is 6.38. The highest BCUT2D eigenvalue weighted by Gasteiger charge is 2.20. The summed E-state index contributed by atoms with van der Waals surface area (Å²) in [6.45, 7) is 1.26. The van der Waals surface area contributed by atoms with E-state index in [0.29, 0.717) is 19.6 Å². The van der Waals surface area contributed by atoms with Crippen LogP contribution in [0.25, 0.3) is 11.4 Å². The first kappa shape index (κ1) is 17.1. The molecule has 3 aromatic rings. The molecule has 1 atom stereocenters. The molecule has 0 saturated heterocycles. The van der Waals surface area contributed by atoms with E-state index < -0.39 is 0 Å². The lowest BCUT2D eigenvalue weighted by atomic mass is 10.2. The number of ether oxygens (including phenoxy) is 2. The molecule has 0 bridgehead atoms. The van der Waals surface area contributed by atoms with Crippen LogP contribution in [0.4, 0.5) is 0 Å². The van der Waals surface area contributed by atoms with Crippen LogP contribution in [0.1, 0.15) is 6.42 Å². The van der Waals surface area contributed by atoms with Gasteiger partial charge in [-0.1, -0.05) is 42.5 Å². The van der Waals surface area contributed by atoms with Crippen molar-refractivity contribution in [3.05, 3.63) is 67.0 Å². The van der Waals surface area contributed by atoms with Crippen LogP contribution in [0.15, 0.2) is 67.0 Å². The zero-order valence-corrected chi connectivity index (χ0v) is 14.9. The van der Waals surface area contributed by atoms with E-state index in [2.05, 4.69) is 10.3 Å². The van der Waals surface area contributed by atoms with Crippen molar-refractivity contribution in [1.82, 2.24) is 14.9 Å². The van der Waals surface area contributed by atoms with Gasteiger partial charge in [-0.25, -0.2) is 4.98 Å². The number of aromatic nitrogens is 2. The van der Waals surface area contributed by atoms with E-state index in [1.165, 1.54) is 0 Å². The monoisotopic (exact) mass is 363 g/mol. The molecule has 0 unspecified atom stereocenters. The molecule has 0 aliphatic carbocycles. The number of amides is 1. The summed E-state index contributed by atoms with van der Waals surface area (Å²) in [7, 11) is 0. The lowest BCUT2D eigenvalue weighted by molar-refractivity contribution is -0.121. The normalized spacial score (nSPS) is 15.3. The fraction of sp³-hybridized carbons (Fsp3) is 0.238. The van der Waals surface area contributed by atoms with Crippen LogP contribution in [-0.2, 0) is 11.3 Å². The Morgan fingerprint density at radius 3 is 2.74 bits per heavy atom. The highest BCUT2D eigenvalue weighted by molar-refractivity contribution is 5.76. The minimum atomic E-state index is -0.0617. The molecule has 0 fully saturated rings. The fourth-order valence-electron chi connectivity index (χ4n) is 3.07. The predicted octanol–water partition coefficient (Wildman–Crippen LogP) is 2.90. The summed E-state index contributed by atoms with van der Waals surface area (Å²) in [5.41, 5.74) is 0.988. The van der Waals surface area contributed by atoms with Gasteiger partial charge in [-0.15, -0.1) is 0 Å². The van der Waals surface area contributed by atoms with E-state index >= 15 is 0 Å². The maximum atomic E-state index is 12.3. The van der Waals surface area contributed by atoms with E-state index in [4.69, 9.17) is 9.47 Å². The number of rotatable bonds is 6. The number of carbonyl (C=O) groups is 1. The van der Waals surface area contributed by atoms with Gasteiger partial charge in [0.25, 0.3) is 0 Å². The Bertz CT molecular complexity index is 908. The minimum absolute atomic E-state index is 0.0534. The standard InChI is InChI=1S/C21H21N3O3/c25-20(14-24-13-12-23-21(24)16-6-2-1-3-7-16)22-11-10-17-15-26-18-8-4-5-9-19(18)27-17/h1-9,12-13,17H,10-11,14-15H2,(H,22,25)/t17-/m1/s1. The van der Waals surface area contributed by atoms with Crippen molar-refractivity contribution < 1.29 is 14.3 Å². The summed E-state index contributed by atoms with van der Waals surface area (Å²) < 4.78 is 13.4. The van der Waals surface area contributed by atoms with Gasteiger partial charge in [0.1, 0.15) is 25.1 Å². The number of hydrogen-bond acceptors (Lipinski definition) is 4. The van der Waals surface area contributed by atoms with E-state index in [9.17, 15) is 4.79 Å². The summed E-state index contributed by atoms with van der Waals surface area (Å²) in [6, 6.07) is 17.5. The highest BCUT2D eigenvalue weighted by Crippen LogP contribution is 2.31. The molecule has 1 amide bonds. The fourth-order valence-corrected chi connectivity index (χ4v) is 3.07. The molecule has 6 nitrogen and oxygen atoms in total. The summed E-state index contributed by atoms with van der Waals surface area (Å²) in [4.78, 5) is 16.7. The first-order valence-electron chi connectivity index (χ1n) is 9.01. The number of nitrogens with one attached hydrogen (secondary N) is 1. The van der Waals surface area contributed by atoms with Gasteiger partial charge in [0, 0.05) is 30.9 Å². The van der Waals surface area contributed by atoms with Crippen LogP contribution >= 0.6 is 0 Å². The van der Waals surface area contributed by atoms with Crippen LogP contribution in [0, 0.1) is 0 Å². The van der Waals surface area contributed by atoms with E-state index in [1.54, 1.807) is 6.20 Å². The molecule has 2 heterocycles. The van der Waals surface area contributed by atoms with Crippen LogP contribution in [-0.4, -0.2) is 34.7 Å². The Balaban J connectivity index is 1.27. The zero-order valence-electron chi connectivity index (χ0n) is 14.9. The molecule has 0 radical (unpaired) electrons. The number of benzene rings is 2. The molecular formula is C21H21N3O3. The molecule has 0 saturated carbocycles. The van der Waals surface area contributed by atoms with Crippen molar-refractivity contribution in [2.45, 2.75) is 19.1 Å². The third kappa shape index (κ3) is 4.11. The quantitative estimate of drug-likeness (QED) is 0.731. The van der Waals surface area contributed by atoms with E-state index in [1.807, 2.05) is 65.4 Å². The topological polar surface area (TPSA) is 65.4 Å². The lowest BCUT2D eigenvalue weighted by Crippen LogP contribution is -2.35. The predicted molar refractivity (Wildman–Crippen MR) is 102 cm³/mol. The average Bonchev–Trinajstić information content (AvgIpc) is 3.16. The first-order valence-corrected chi connectivity index (χ1v) is 9.01. The molecule has 4 rings (SSSR count). The van der Waals surface area contributed by atoms with Crippen molar-refractivity contribution >= 4 is 5.91 Å². The summed E-state index contributed by atoms with van der Waals surface area (Å²) in [6.07, 6.45) is 4.15. The molecule has 1 aliphatic rings. The van der Waals surface area contributed by atoms with Gasteiger partial charge in [-0.2, -0.15) is 0 Å². The second kappa shape index (κ2) is 7.95. The number of fused-ring (bicyclic) bond motifs is 1. The van der Waals surface area contributed by atoms with Crippen molar-refractivity contribution in [3.8, 4) is 22.9 Å². The number of carbonyl (C=O) groups excluding carboxylic acids is 1. The lowest BCUT2D eigenvalue weighted by Gasteiger charge is -2.26. The second-order valence-electron chi connectivity index (χ2n) is 6.38. The Labute approximate surface area is 157 Å². The van der Waals surface area contributed by atoms with Gasteiger partial charge in [-0.3, -0.25) is 4.79 Å². The Morgan fingerprint density at radius 2 is 1.89 bits per heavy atom. The Morgan fingerprint density at radius 1 is 1.11 bits per heavy atom. The largest absolute Gasteiger partial charge is 0.486 e. The first-order chi connectivity index (χ1) is 13.3. The van der Waals surface area contributed by atoms with Crippen molar-refractivity contribution in [3.63, 3.8) is 0 Å². The van der Waals surface area contributed by atoms with Crippen molar-refractivity contribution in [1.29, 1.82) is 0 Å². The third-order valence-corrected chi connectivity index (χ3v) is 4.42. The summed E-state index contributed by atoms with van der Waals surface area (Å²) in [5, 5.41) is 2.95. The number of imidazole rings is 1. The van der Waals surface area contributed by atoms with Gasteiger partial charge in [0.05, 0.1) is 0 Å². The van der Waals surface area contributed by atoms with Crippen LogP contribution in [0.2, 0.25) is 0 Å². The highest BCUT2D eigenvalue weighted by atomic mass is 16.6. The van der Waals surface area contributed by atoms with Gasteiger partial charge in [0.15, 0.2) is 11.5 Å². The Hall–Kier alpha value is -3.28.